The van der Waals surface area contributed by atoms with Gasteiger partial charge in [-0.05, 0) is 55.5 Å². The summed E-state index contributed by atoms with van der Waals surface area (Å²) in [6.07, 6.45) is -1.05. The number of benzene rings is 2. The molecule has 1 spiro atoms. The Morgan fingerprint density at radius 2 is 1.87 bits per heavy atom. The fraction of sp³-hybridized carbons (Fsp3) is 0.458. The molecule has 3 nitrogen and oxygen atoms in total. The van der Waals surface area contributed by atoms with Crippen molar-refractivity contribution >= 4 is 5.91 Å². The van der Waals surface area contributed by atoms with E-state index in [9.17, 15) is 18.0 Å². The fourth-order valence-corrected chi connectivity index (χ4v) is 5.92. The van der Waals surface area contributed by atoms with Crippen molar-refractivity contribution in [1.29, 1.82) is 0 Å². The standard InChI is InChI=1S/C24H25F3N2O/c25-24(26,27)19-9-4-8-18(14-19)21-15-20-16-28(13-10-17-6-2-1-3-7-17)22(30)23(20)11-5-12-29(21)23/h1-4,6-9,14,20-21H,5,10-13,15-16H2/t20-,21-,23-/m0/s1. The van der Waals surface area contributed by atoms with Gasteiger partial charge in [0.25, 0.3) is 0 Å². The maximum atomic E-state index is 13.5. The molecule has 1 amide bonds. The molecule has 3 saturated heterocycles. The van der Waals surface area contributed by atoms with Gasteiger partial charge < -0.3 is 4.90 Å². The first kappa shape index (κ1) is 19.6. The SMILES string of the molecule is O=C1N(CCc2ccccc2)C[C@@H]2C[C@@H](c3cccc(C(F)(F)F)c3)N3CCC[C@@]123. The van der Waals surface area contributed by atoms with Crippen LogP contribution in [-0.4, -0.2) is 40.9 Å². The van der Waals surface area contributed by atoms with E-state index in [0.29, 0.717) is 18.7 Å². The summed E-state index contributed by atoms with van der Waals surface area (Å²) in [5.74, 6) is 0.359. The second kappa shape index (κ2) is 7.12. The van der Waals surface area contributed by atoms with Crippen molar-refractivity contribution in [1.82, 2.24) is 9.80 Å². The smallest absolute Gasteiger partial charge is 0.340 e. The molecule has 0 N–H and O–H groups in total. The zero-order chi connectivity index (χ0) is 20.9. The molecule has 0 aliphatic carbocycles. The molecule has 0 unspecified atom stereocenters. The van der Waals surface area contributed by atoms with Crippen molar-refractivity contribution in [3.05, 3.63) is 71.3 Å². The van der Waals surface area contributed by atoms with E-state index in [1.165, 1.54) is 17.7 Å². The summed E-state index contributed by atoms with van der Waals surface area (Å²) in [4.78, 5) is 17.7. The highest BCUT2D eigenvalue weighted by Gasteiger charge is 2.65. The predicted octanol–water partition coefficient (Wildman–Crippen LogP) is 4.69. The first-order chi connectivity index (χ1) is 14.4. The molecule has 30 heavy (non-hydrogen) atoms. The third-order valence-electron chi connectivity index (χ3n) is 7.24. The van der Waals surface area contributed by atoms with E-state index in [1.54, 1.807) is 6.07 Å². The monoisotopic (exact) mass is 414 g/mol. The van der Waals surface area contributed by atoms with Crippen LogP contribution < -0.4 is 0 Å². The van der Waals surface area contributed by atoms with Crippen molar-refractivity contribution in [2.24, 2.45) is 5.92 Å². The molecule has 0 aromatic heterocycles. The Bertz CT molecular complexity index is 945. The highest BCUT2D eigenvalue weighted by Crippen LogP contribution is 2.56. The van der Waals surface area contributed by atoms with Gasteiger partial charge in [-0.1, -0.05) is 42.5 Å². The quantitative estimate of drug-likeness (QED) is 0.725. The van der Waals surface area contributed by atoms with Crippen LogP contribution in [0.4, 0.5) is 13.2 Å². The summed E-state index contributed by atoms with van der Waals surface area (Å²) < 4.78 is 39.6. The van der Waals surface area contributed by atoms with Gasteiger partial charge >= 0.3 is 6.18 Å². The van der Waals surface area contributed by atoms with Crippen LogP contribution in [0.3, 0.4) is 0 Å². The highest BCUT2D eigenvalue weighted by atomic mass is 19.4. The Kier molecular flexibility index (Phi) is 4.65. The van der Waals surface area contributed by atoms with E-state index in [1.807, 2.05) is 23.1 Å². The van der Waals surface area contributed by atoms with Crippen LogP contribution in [0, 0.1) is 5.92 Å². The zero-order valence-corrected chi connectivity index (χ0v) is 16.7. The first-order valence-corrected chi connectivity index (χ1v) is 10.7. The van der Waals surface area contributed by atoms with E-state index in [0.717, 1.165) is 38.3 Å². The Hall–Kier alpha value is -2.34. The van der Waals surface area contributed by atoms with E-state index in [2.05, 4.69) is 17.0 Å². The van der Waals surface area contributed by atoms with Gasteiger partial charge in [0.15, 0.2) is 0 Å². The Balaban J connectivity index is 1.37. The van der Waals surface area contributed by atoms with Gasteiger partial charge in [-0.25, -0.2) is 0 Å². The Morgan fingerprint density at radius 3 is 2.63 bits per heavy atom. The predicted molar refractivity (Wildman–Crippen MR) is 108 cm³/mol. The lowest BCUT2D eigenvalue weighted by Gasteiger charge is -2.34. The van der Waals surface area contributed by atoms with Crippen LogP contribution in [0.25, 0.3) is 0 Å². The van der Waals surface area contributed by atoms with Gasteiger partial charge in [-0.2, -0.15) is 13.2 Å². The first-order valence-electron chi connectivity index (χ1n) is 10.7. The second-order valence-electron chi connectivity index (χ2n) is 8.78. The minimum absolute atomic E-state index is 0.111. The van der Waals surface area contributed by atoms with E-state index < -0.39 is 17.3 Å². The molecule has 3 heterocycles. The lowest BCUT2D eigenvalue weighted by Crippen LogP contribution is -2.49. The normalized spacial score (nSPS) is 28.8. The number of hydrogen-bond donors (Lipinski definition) is 0. The van der Waals surface area contributed by atoms with Crippen LogP contribution in [0.1, 0.15) is 42.0 Å². The third kappa shape index (κ3) is 3.04. The van der Waals surface area contributed by atoms with Crippen molar-refractivity contribution < 1.29 is 18.0 Å². The number of nitrogens with zero attached hydrogens (tertiary/aromatic N) is 2. The van der Waals surface area contributed by atoms with E-state index in [-0.39, 0.29) is 17.9 Å². The second-order valence-corrected chi connectivity index (χ2v) is 8.78. The van der Waals surface area contributed by atoms with Crippen LogP contribution in [0.15, 0.2) is 54.6 Å². The molecule has 0 radical (unpaired) electrons. The van der Waals surface area contributed by atoms with E-state index in [4.69, 9.17) is 0 Å². The number of alkyl halides is 3. The lowest BCUT2D eigenvalue weighted by molar-refractivity contribution is -0.138. The highest BCUT2D eigenvalue weighted by molar-refractivity contribution is 5.90. The topological polar surface area (TPSA) is 23.6 Å². The summed E-state index contributed by atoms with van der Waals surface area (Å²) in [6.45, 7) is 2.18. The minimum Gasteiger partial charge on any atom is -0.340 e. The summed E-state index contributed by atoms with van der Waals surface area (Å²) >= 11 is 0. The average molecular weight is 414 g/mol. The number of carbonyl (C=O) groups excluding carboxylic acids is 1. The molecule has 2 aromatic carbocycles. The number of halogens is 3. The molecule has 3 atom stereocenters. The number of carbonyl (C=O) groups is 1. The molecular weight excluding hydrogens is 389 g/mol. The van der Waals surface area contributed by atoms with Gasteiger partial charge in [0.1, 0.15) is 5.54 Å². The summed E-state index contributed by atoms with van der Waals surface area (Å²) in [6, 6.07) is 15.7. The van der Waals surface area contributed by atoms with Gasteiger partial charge in [0, 0.05) is 25.0 Å². The van der Waals surface area contributed by atoms with Crippen LogP contribution in [0.5, 0.6) is 0 Å². The van der Waals surface area contributed by atoms with Crippen molar-refractivity contribution in [2.75, 3.05) is 19.6 Å². The number of amides is 1. The summed E-state index contributed by atoms with van der Waals surface area (Å²) in [7, 11) is 0. The van der Waals surface area contributed by atoms with Crippen LogP contribution in [0.2, 0.25) is 0 Å². The number of hydrogen-bond acceptors (Lipinski definition) is 2. The molecule has 5 rings (SSSR count). The molecule has 6 heteroatoms. The number of likely N-dealkylation sites (tertiary alicyclic amines) is 1. The molecule has 3 fully saturated rings. The molecular formula is C24H25F3N2O. The average Bonchev–Trinajstić information content (AvgIpc) is 3.37. The largest absolute Gasteiger partial charge is 0.416 e. The van der Waals surface area contributed by atoms with Gasteiger partial charge in [0.05, 0.1) is 5.56 Å². The molecule has 158 valence electrons. The maximum Gasteiger partial charge on any atom is 0.416 e. The fourth-order valence-electron chi connectivity index (χ4n) is 5.92. The summed E-state index contributed by atoms with van der Waals surface area (Å²) in [5, 5.41) is 0. The minimum atomic E-state index is -4.35. The Labute approximate surface area is 174 Å². The summed E-state index contributed by atoms with van der Waals surface area (Å²) in [5.41, 5.74) is 0.769. The molecule has 0 bridgehead atoms. The van der Waals surface area contributed by atoms with Gasteiger partial charge in [-0.15, -0.1) is 0 Å². The van der Waals surface area contributed by atoms with Gasteiger partial charge in [-0.3, -0.25) is 9.69 Å². The van der Waals surface area contributed by atoms with Crippen LogP contribution >= 0.6 is 0 Å². The van der Waals surface area contributed by atoms with E-state index >= 15 is 0 Å². The molecule has 2 aromatic rings. The Morgan fingerprint density at radius 1 is 1.07 bits per heavy atom. The molecule has 3 aliphatic rings. The zero-order valence-electron chi connectivity index (χ0n) is 16.7. The van der Waals surface area contributed by atoms with Crippen LogP contribution in [-0.2, 0) is 17.4 Å². The molecule has 0 saturated carbocycles. The van der Waals surface area contributed by atoms with Crippen molar-refractivity contribution in [3.8, 4) is 0 Å². The maximum absolute atomic E-state index is 13.5. The number of rotatable bonds is 4. The van der Waals surface area contributed by atoms with Gasteiger partial charge in [0.2, 0.25) is 5.91 Å². The van der Waals surface area contributed by atoms with Crippen molar-refractivity contribution in [2.45, 2.75) is 43.4 Å². The van der Waals surface area contributed by atoms with Crippen molar-refractivity contribution in [3.63, 3.8) is 0 Å². The molecule has 3 aliphatic heterocycles. The third-order valence-corrected chi connectivity index (χ3v) is 7.24. The lowest BCUT2D eigenvalue weighted by atomic mass is 9.85.